The van der Waals surface area contributed by atoms with Crippen LogP contribution >= 0.6 is 0 Å². The highest BCUT2D eigenvalue weighted by Crippen LogP contribution is 2.42. The Kier molecular flexibility index (Phi) is 16.0. The fraction of sp³-hybridized carbons (Fsp3) is 0. The molecule has 0 unspecified atom stereocenters. The molecule has 16 aromatic carbocycles. The van der Waals surface area contributed by atoms with Crippen LogP contribution in [0.4, 0.5) is 0 Å². The van der Waals surface area contributed by atoms with Gasteiger partial charge in [0.15, 0.2) is 34.9 Å². The zero-order chi connectivity index (χ0) is 74.0. The maximum Gasteiger partial charge on any atom is 0.164 e. The number of hydrogen-bond donors (Lipinski definition) is 0. The molecule has 0 fully saturated rings. The average Bonchev–Trinajstić information content (AvgIpc) is 1.59. The molecule has 0 radical (unpaired) electrons. The van der Waals surface area contributed by atoms with Crippen molar-refractivity contribution in [1.82, 2.24) is 39.0 Å². The second-order valence-corrected chi connectivity index (χ2v) is 28.1. The Labute approximate surface area is 643 Å². The number of benzene rings is 16. The van der Waals surface area contributed by atoms with Crippen LogP contribution in [0, 0.1) is 0 Å². The zero-order valence-electron chi connectivity index (χ0n) is 60.3. The van der Waals surface area contributed by atoms with Crippen molar-refractivity contribution in [2.45, 2.75) is 0 Å². The van der Waals surface area contributed by atoms with Gasteiger partial charge in [-0.1, -0.05) is 273 Å². The number of rotatable bonds is 12. The molecule has 0 bridgehead atoms. The number of hydrogen-bond acceptors (Lipinski definition) is 8. The van der Waals surface area contributed by atoms with Crippen LogP contribution in [0.3, 0.4) is 0 Å². The third-order valence-electron chi connectivity index (χ3n) is 21.2. The van der Waals surface area contributed by atoms with Gasteiger partial charge in [-0.15, -0.1) is 0 Å². The zero-order valence-corrected chi connectivity index (χ0v) is 60.3. The third kappa shape index (κ3) is 11.9. The summed E-state index contributed by atoms with van der Waals surface area (Å²) >= 11 is 0. The Bertz CT molecular complexity index is 7280. The Morgan fingerprint density at radius 1 is 0.152 bits per heavy atom. The highest BCUT2D eigenvalue weighted by molar-refractivity contribution is 6.11. The van der Waals surface area contributed by atoms with E-state index in [1.165, 1.54) is 43.6 Å². The van der Waals surface area contributed by atoms with Crippen molar-refractivity contribution in [1.29, 1.82) is 0 Å². The van der Waals surface area contributed by atoms with Gasteiger partial charge >= 0.3 is 0 Å². The Hall–Kier alpha value is -15.3. The fourth-order valence-corrected chi connectivity index (χ4v) is 15.9. The predicted molar refractivity (Wildman–Crippen MR) is 457 cm³/mol. The van der Waals surface area contributed by atoms with Crippen LogP contribution < -0.4 is 0 Å². The number of fused-ring (bicyclic) bond motifs is 12. The SMILES string of the molecule is c1ccc(-c2cc(-c3cccc(-c4nc(-c5ccccc5)nc(-c5ccc6c(c5)oc5ccccc56)n4)c3)cc(-n3c4ccccc4c4ccccc43)c2)cc1.c1ccc(-c2cc(-c3cccc(-n4c5ccccc5c5ccccc54)c3)cc(-c3nc(-c4ccccc4)nc(-c4ccc5c(c4)oc4ccccc45)n3)c2)cc1. The Morgan fingerprint density at radius 3 is 0.866 bits per heavy atom. The summed E-state index contributed by atoms with van der Waals surface area (Å²) in [7, 11) is 0. The first-order chi connectivity index (χ1) is 55.5. The standard InChI is InChI=1S/2C51H32N4O/c1-3-14-33(15-4-1)37-28-38(35-18-13-19-40(31-35)55-45-23-10-7-20-41(45)42-21-8-11-24-46(42)55)30-39(29-37)51-53-49(34-16-5-2-6-17-34)52-50(54-51)36-26-27-44-43-22-9-12-25-47(43)56-48(44)32-36;1-3-14-33(15-4-1)38-29-39(31-40(30-38)55-45-23-10-7-20-41(45)42-21-8-11-24-46(42)55)35-18-13-19-36(28-35)50-52-49(34-16-5-2-6-17-34)53-51(54-50)37-26-27-44-43-22-9-12-25-47(43)56-48(44)32-37/h2*1-32H. The van der Waals surface area contributed by atoms with Crippen LogP contribution in [0.15, 0.2) is 397 Å². The summed E-state index contributed by atoms with van der Waals surface area (Å²) in [6.07, 6.45) is 0. The summed E-state index contributed by atoms with van der Waals surface area (Å²) in [6.45, 7) is 0. The van der Waals surface area contributed by atoms with Crippen molar-refractivity contribution < 1.29 is 8.83 Å². The molecule has 112 heavy (non-hydrogen) atoms. The van der Waals surface area contributed by atoms with Crippen LogP contribution in [0.1, 0.15) is 0 Å². The first kappa shape index (κ1) is 65.1. The second kappa shape index (κ2) is 27.5. The minimum atomic E-state index is 0.580. The molecule has 0 amide bonds. The van der Waals surface area contributed by atoms with Gasteiger partial charge in [0.1, 0.15) is 22.3 Å². The lowest BCUT2D eigenvalue weighted by atomic mass is 9.95. The molecule has 0 saturated carbocycles. The first-order valence-corrected chi connectivity index (χ1v) is 37.5. The van der Waals surface area contributed by atoms with Gasteiger partial charge in [-0.05, 0) is 160 Å². The Morgan fingerprint density at radius 2 is 0.420 bits per heavy atom. The monoisotopic (exact) mass is 1430 g/mol. The summed E-state index contributed by atoms with van der Waals surface area (Å²) in [6, 6.07) is 135. The van der Waals surface area contributed by atoms with Gasteiger partial charge in [-0.25, -0.2) is 29.9 Å². The van der Waals surface area contributed by atoms with E-state index in [1.807, 2.05) is 115 Å². The van der Waals surface area contributed by atoms with E-state index >= 15 is 0 Å². The van der Waals surface area contributed by atoms with Crippen molar-refractivity contribution in [3.8, 4) is 124 Å². The third-order valence-corrected chi connectivity index (χ3v) is 21.2. The minimum absolute atomic E-state index is 0.580. The predicted octanol–water partition coefficient (Wildman–Crippen LogP) is 26.4. The molecule has 10 nitrogen and oxygen atoms in total. The van der Waals surface area contributed by atoms with E-state index in [2.05, 4.69) is 282 Å². The van der Waals surface area contributed by atoms with Crippen molar-refractivity contribution in [2.75, 3.05) is 0 Å². The van der Waals surface area contributed by atoms with Gasteiger partial charge in [0.2, 0.25) is 0 Å². The molecule has 0 aliphatic carbocycles. The van der Waals surface area contributed by atoms with Crippen molar-refractivity contribution in [3.63, 3.8) is 0 Å². The minimum Gasteiger partial charge on any atom is -0.456 e. The summed E-state index contributed by atoms with van der Waals surface area (Å²) in [5.74, 6) is 3.58. The normalized spacial score (nSPS) is 11.6. The highest BCUT2D eigenvalue weighted by atomic mass is 16.3. The van der Waals surface area contributed by atoms with Gasteiger partial charge < -0.3 is 18.0 Å². The number of furan rings is 2. The molecule has 10 heteroatoms. The van der Waals surface area contributed by atoms with Crippen LogP contribution in [0.5, 0.6) is 0 Å². The number of nitrogens with zero attached hydrogens (tertiary/aromatic N) is 8. The van der Waals surface area contributed by atoms with Gasteiger partial charge in [-0.2, -0.15) is 0 Å². The van der Waals surface area contributed by atoms with Crippen LogP contribution in [0.25, 0.3) is 212 Å². The summed E-state index contributed by atoms with van der Waals surface area (Å²) in [5, 5.41) is 9.24. The lowest BCUT2D eigenvalue weighted by molar-refractivity contribution is 0.668. The van der Waals surface area contributed by atoms with Crippen molar-refractivity contribution in [2.24, 2.45) is 0 Å². The van der Waals surface area contributed by atoms with Crippen molar-refractivity contribution >= 4 is 87.5 Å². The quantitative estimate of drug-likeness (QED) is 0.119. The smallest absolute Gasteiger partial charge is 0.164 e. The average molecular weight is 1430 g/mol. The van der Waals surface area contributed by atoms with Crippen LogP contribution in [-0.4, -0.2) is 39.0 Å². The van der Waals surface area contributed by atoms with Crippen LogP contribution in [-0.2, 0) is 0 Å². The molecule has 0 aliphatic rings. The lowest BCUT2D eigenvalue weighted by Crippen LogP contribution is -2.00. The van der Waals surface area contributed by atoms with E-state index in [4.69, 9.17) is 38.7 Å². The molecule has 6 heterocycles. The van der Waals surface area contributed by atoms with Crippen molar-refractivity contribution in [3.05, 3.63) is 388 Å². The van der Waals surface area contributed by atoms with E-state index in [1.54, 1.807) is 0 Å². The molecule has 6 aromatic heterocycles. The Balaban J connectivity index is 0.000000141. The first-order valence-electron chi connectivity index (χ1n) is 37.5. The van der Waals surface area contributed by atoms with E-state index in [9.17, 15) is 0 Å². The van der Waals surface area contributed by atoms with Gasteiger partial charge in [0.25, 0.3) is 0 Å². The molecule has 22 rings (SSSR count). The molecular formula is C102H64N8O2. The van der Waals surface area contributed by atoms with E-state index in [0.717, 1.165) is 133 Å². The van der Waals surface area contributed by atoms with Gasteiger partial charge in [-0.3, -0.25) is 0 Å². The van der Waals surface area contributed by atoms with E-state index in [-0.39, 0.29) is 0 Å². The summed E-state index contributed by atoms with van der Waals surface area (Å²) < 4.78 is 17.3. The fourth-order valence-electron chi connectivity index (χ4n) is 15.9. The van der Waals surface area contributed by atoms with Crippen LogP contribution in [0.2, 0.25) is 0 Å². The molecular weight excluding hydrogens is 1370 g/mol. The lowest BCUT2D eigenvalue weighted by Gasteiger charge is -2.15. The summed E-state index contributed by atoms with van der Waals surface area (Å²) in [4.78, 5) is 30.6. The maximum atomic E-state index is 6.28. The molecule has 0 aliphatic heterocycles. The molecule has 0 spiro atoms. The topological polar surface area (TPSA) is 113 Å². The number of para-hydroxylation sites is 6. The molecule has 22 aromatic rings. The van der Waals surface area contributed by atoms with E-state index < -0.39 is 0 Å². The molecule has 0 saturated heterocycles. The summed E-state index contributed by atoms with van der Waals surface area (Å²) in [5.41, 5.74) is 24.4. The number of aromatic nitrogens is 8. The largest absolute Gasteiger partial charge is 0.456 e. The van der Waals surface area contributed by atoms with Gasteiger partial charge in [0.05, 0.1) is 22.1 Å². The maximum absolute atomic E-state index is 6.28. The second-order valence-electron chi connectivity index (χ2n) is 28.1. The molecule has 0 N–H and O–H groups in total. The molecule has 0 atom stereocenters. The van der Waals surface area contributed by atoms with Gasteiger partial charge in [0, 0.05) is 87.8 Å². The van der Waals surface area contributed by atoms with E-state index in [0.29, 0.717) is 34.9 Å². The highest BCUT2D eigenvalue weighted by Gasteiger charge is 2.22. The molecule has 524 valence electrons.